The van der Waals surface area contributed by atoms with Crippen molar-refractivity contribution in [3.05, 3.63) is 30.3 Å². The summed E-state index contributed by atoms with van der Waals surface area (Å²) in [6.07, 6.45) is 3.72. The first kappa shape index (κ1) is 12.6. The first-order valence-electron chi connectivity index (χ1n) is 5.64. The molecule has 0 heterocycles. The van der Waals surface area contributed by atoms with Crippen LogP contribution in [0.2, 0.25) is 0 Å². The number of anilines is 1. The molecule has 0 spiro atoms. The zero-order chi connectivity index (χ0) is 11.1. The Morgan fingerprint density at radius 3 is 2.53 bits per heavy atom. The van der Waals surface area contributed by atoms with E-state index in [-0.39, 0.29) is 0 Å². The Morgan fingerprint density at radius 1 is 1.27 bits per heavy atom. The summed E-state index contributed by atoms with van der Waals surface area (Å²) in [7, 11) is 2.16. The molecule has 0 fully saturated rings. The van der Waals surface area contributed by atoms with Crippen LogP contribution < -0.4 is 4.90 Å². The molecule has 0 aliphatic carbocycles. The molecular weight excluding hydrogens is 250 g/mol. The maximum Gasteiger partial charge on any atom is 0.0363 e. The average molecular weight is 270 g/mol. The third-order valence-electron chi connectivity index (χ3n) is 2.65. The summed E-state index contributed by atoms with van der Waals surface area (Å²) in [6.45, 7) is 3.35. The minimum atomic E-state index is 0.682. The van der Waals surface area contributed by atoms with Gasteiger partial charge in [0.2, 0.25) is 0 Å². The average Bonchev–Trinajstić information content (AvgIpc) is 2.29. The molecule has 0 aliphatic rings. The molecule has 0 bridgehead atoms. The molecule has 0 saturated heterocycles. The largest absolute Gasteiger partial charge is 0.375 e. The summed E-state index contributed by atoms with van der Waals surface area (Å²) in [4.78, 5) is 3.00. The summed E-state index contributed by atoms with van der Waals surface area (Å²) >= 11 is 3.66. The van der Waals surface area contributed by atoms with E-state index in [1.807, 2.05) is 0 Å². The van der Waals surface area contributed by atoms with Gasteiger partial charge in [-0.3, -0.25) is 0 Å². The van der Waals surface area contributed by atoms with Gasteiger partial charge in [-0.2, -0.15) is 0 Å². The second-order valence-electron chi connectivity index (χ2n) is 3.90. The van der Waals surface area contributed by atoms with Gasteiger partial charge in [0.25, 0.3) is 0 Å². The maximum absolute atomic E-state index is 3.66. The number of hydrogen-bond acceptors (Lipinski definition) is 1. The lowest BCUT2D eigenvalue weighted by molar-refractivity contribution is 0.682. The van der Waals surface area contributed by atoms with E-state index >= 15 is 0 Å². The fourth-order valence-corrected chi connectivity index (χ4v) is 1.89. The van der Waals surface area contributed by atoms with Crippen molar-refractivity contribution in [3.8, 4) is 0 Å². The molecule has 1 atom stereocenters. The van der Waals surface area contributed by atoms with Gasteiger partial charge >= 0.3 is 0 Å². The number of rotatable bonds is 6. The molecular formula is C13H20BrN. The van der Waals surface area contributed by atoms with E-state index in [0.29, 0.717) is 4.83 Å². The minimum Gasteiger partial charge on any atom is -0.375 e. The summed E-state index contributed by atoms with van der Waals surface area (Å²) in [5.41, 5.74) is 1.31. The summed E-state index contributed by atoms with van der Waals surface area (Å²) in [5.74, 6) is 0. The number of nitrogens with zero attached hydrogens (tertiary/aromatic N) is 1. The molecule has 0 radical (unpaired) electrons. The van der Waals surface area contributed by atoms with Crippen molar-refractivity contribution >= 4 is 21.6 Å². The normalized spacial score (nSPS) is 12.5. The zero-order valence-electron chi connectivity index (χ0n) is 9.62. The SMILES string of the molecule is CCC(Br)CCCN(C)c1ccccc1. The monoisotopic (exact) mass is 269 g/mol. The van der Waals surface area contributed by atoms with Crippen LogP contribution in [-0.2, 0) is 0 Å². The number of hydrogen-bond donors (Lipinski definition) is 0. The van der Waals surface area contributed by atoms with Crippen LogP contribution in [0, 0.1) is 0 Å². The molecule has 2 heteroatoms. The van der Waals surface area contributed by atoms with E-state index in [4.69, 9.17) is 0 Å². The van der Waals surface area contributed by atoms with Gasteiger partial charge in [-0.15, -0.1) is 0 Å². The van der Waals surface area contributed by atoms with Crippen LogP contribution in [0.3, 0.4) is 0 Å². The van der Waals surface area contributed by atoms with E-state index in [0.717, 1.165) is 6.54 Å². The highest BCUT2D eigenvalue weighted by Crippen LogP contribution is 2.15. The second-order valence-corrected chi connectivity index (χ2v) is 5.20. The topological polar surface area (TPSA) is 3.24 Å². The van der Waals surface area contributed by atoms with E-state index in [1.54, 1.807) is 0 Å². The van der Waals surface area contributed by atoms with Gasteiger partial charge in [0.15, 0.2) is 0 Å². The van der Waals surface area contributed by atoms with Gasteiger partial charge in [0, 0.05) is 24.1 Å². The molecule has 0 aromatic heterocycles. The first-order valence-corrected chi connectivity index (χ1v) is 6.56. The molecule has 1 aromatic rings. The van der Waals surface area contributed by atoms with Crippen LogP contribution >= 0.6 is 15.9 Å². The molecule has 0 aliphatic heterocycles. The van der Waals surface area contributed by atoms with Crippen LogP contribution in [0.15, 0.2) is 30.3 Å². The number of halogens is 1. The highest BCUT2D eigenvalue weighted by molar-refractivity contribution is 9.09. The van der Waals surface area contributed by atoms with E-state index in [1.165, 1.54) is 24.9 Å². The predicted octanol–water partition coefficient (Wildman–Crippen LogP) is 4.08. The molecule has 1 rings (SSSR count). The van der Waals surface area contributed by atoms with Gasteiger partial charge in [-0.1, -0.05) is 41.1 Å². The van der Waals surface area contributed by atoms with Gasteiger partial charge in [0.1, 0.15) is 0 Å². The molecule has 0 saturated carbocycles. The predicted molar refractivity (Wildman–Crippen MR) is 72.0 cm³/mol. The van der Waals surface area contributed by atoms with Crippen molar-refractivity contribution in [1.29, 1.82) is 0 Å². The van der Waals surface area contributed by atoms with Crippen LogP contribution in [0.25, 0.3) is 0 Å². The first-order chi connectivity index (χ1) is 7.24. The summed E-state index contributed by atoms with van der Waals surface area (Å²) in [6, 6.07) is 10.6. The third kappa shape index (κ3) is 4.70. The van der Waals surface area contributed by atoms with Crippen molar-refractivity contribution in [2.45, 2.75) is 31.0 Å². The van der Waals surface area contributed by atoms with E-state index in [2.05, 4.69) is 65.1 Å². The molecule has 1 aromatic carbocycles. The Bertz CT molecular complexity index is 260. The van der Waals surface area contributed by atoms with Crippen LogP contribution in [0.1, 0.15) is 26.2 Å². The Hall–Kier alpha value is -0.500. The van der Waals surface area contributed by atoms with Gasteiger partial charge in [-0.25, -0.2) is 0 Å². The van der Waals surface area contributed by atoms with Crippen molar-refractivity contribution in [2.75, 3.05) is 18.5 Å². The van der Waals surface area contributed by atoms with Crippen molar-refractivity contribution in [1.82, 2.24) is 0 Å². The van der Waals surface area contributed by atoms with Crippen LogP contribution in [0.5, 0.6) is 0 Å². The lowest BCUT2D eigenvalue weighted by atomic mass is 10.2. The van der Waals surface area contributed by atoms with Crippen LogP contribution in [0.4, 0.5) is 5.69 Å². The summed E-state index contributed by atoms with van der Waals surface area (Å²) < 4.78 is 0. The zero-order valence-corrected chi connectivity index (χ0v) is 11.2. The highest BCUT2D eigenvalue weighted by atomic mass is 79.9. The molecule has 0 N–H and O–H groups in total. The number of para-hydroxylation sites is 1. The second kappa shape index (κ2) is 6.89. The molecule has 1 unspecified atom stereocenters. The Labute approximate surface area is 102 Å². The Kier molecular flexibility index (Phi) is 5.77. The van der Waals surface area contributed by atoms with Gasteiger partial charge in [-0.05, 0) is 31.4 Å². The minimum absolute atomic E-state index is 0.682. The lowest BCUT2D eigenvalue weighted by Crippen LogP contribution is -2.19. The third-order valence-corrected chi connectivity index (χ3v) is 3.76. The smallest absolute Gasteiger partial charge is 0.0363 e. The molecule has 0 amide bonds. The Morgan fingerprint density at radius 2 is 1.93 bits per heavy atom. The van der Waals surface area contributed by atoms with Crippen LogP contribution in [-0.4, -0.2) is 18.4 Å². The summed E-state index contributed by atoms with van der Waals surface area (Å²) in [5, 5.41) is 0. The fourth-order valence-electron chi connectivity index (χ4n) is 1.57. The standard InChI is InChI=1S/C13H20BrN/c1-3-12(14)8-7-11-15(2)13-9-5-4-6-10-13/h4-6,9-10,12H,3,7-8,11H2,1-2H3. The molecule has 1 nitrogen and oxygen atoms in total. The van der Waals surface area contributed by atoms with E-state index in [9.17, 15) is 0 Å². The van der Waals surface area contributed by atoms with Gasteiger partial charge in [0.05, 0.1) is 0 Å². The maximum atomic E-state index is 3.66. The van der Waals surface area contributed by atoms with Crippen molar-refractivity contribution in [2.24, 2.45) is 0 Å². The highest BCUT2D eigenvalue weighted by Gasteiger charge is 2.03. The Balaban J connectivity index is 2.28. The number of benzene rings is 1. The molecule has 15 heavy (non-hydrogen) atoms. The lowest BCUT2D eigenvalue weighted by Gasteiger charge is -2.19. The van der Waals surface area contributed by atoms with Crippen molar-refractivity contribution in [3.63, 3.8) is 0 Å². The van der Waals surface area contributed by atoms with E-state index < -0.39 is 0 Å². The quantitative estimate of drug-likeness (QED) is 0.704. The fraction of sp³-hybridized carbons (Fsp3) is 0.538. The molecule has 84 valence electrons. The van der Waals surface area contributed by atoms with Crippen molar-refractivity contribution < 1.29 is 0 Å². The van der Waals surface area contributed by atoms with Gasteiger partial charge < -0.3 is 4.90 Å². The number of alkyl halides is 1.